The first-order valence-electron chi connectivity index (χ1n) is 8.42. The van der Waals surface area contributed by atoms with Gasteiger partial charge in [-0.3, -0.25) is 4.79 Å². The van der Waals surface area contributed by atoms with Gasteiger partial charge in [-0.15, -0.1) is 11.3 Å². The zero-order valence-electron chi connectivity index (χ0n) is 13.9. The highest BCUT2D eigenvalue weighted by molar-refractivity contribution is 7.14. The van der Waals surface area contributed by atoms with Gasteiger partial charge in [-0.2, -0.15) is 0 Å². The van der Waals surface area contributed by atoms with Crippen molar-refractivity contribution >= 4 is 22.4 Å². The van der Waals surface area contributed by atoms with Crippen molar-refractivity contribution in [2.75, 3.05) is 12.4 Å². The van der Waals surface area contributed by atoms with Crippen molar-refractivity contribution in [3.05, 3.63) is 29.4 Å². The number of rotatable bonds is 4. The summed E-state index contributed by atoms with van der Waals surface area (Å²) in [7, 11) is 1.43. The van der Waals surface area contributed by atoms with E-state index in [1.165, 1.54) is 24.5 Å². The van der Waals surface area contributed by atoms with Crippen molar-refractivity contribution in [2.45, 2.75) is 25.3 Å². The Kier molecular flexibility index (Phi) is 4.21. The second kappa shape index (κ2) is 6.38. The van der Waals surface area contributed by atoms with Crippen LogP contribution in [0.5, 0.6) is 5.75 Å². The molecule has 4 atom stereocenters. The Labute approximate surface area is 149 Å². The molecule has 2 aliphatic carbocycles. The third-order valence-corrected chi connectivity index (χ3v) is 6.22. The molecule has 4 rings (SSSR count). The number of thiazole rings is 1. The fourth-order valence-electron chi connectivity index (χ4n) is 4.20. The Morgan fingerprint density at radius 1 is 1.40 bits per heavy atom. The first kappa shape index (κ1) is 16.5. The molecule has 2 aliphatic rings. The lowest BCUT2D eigenvalue weighted by atomic mass is 9.84. The van der Waals surface area contributed by atoms with E-state index in [2.05, 4.69) is 10.3 Å². The van der Waals surface area contributed by atoms with Crippen molar-refractivity contribution < 1.29 is 13.9 Å². The third kappa shape index (κ3) is 2.91. The van der Waals surface area contributed by atoms with Crippen molar-refractivity contribution in [2.24, 2.45) is 23.5 Å². The Bertz CT molecular complexity index is 807. The highest BCUT2D eigenvalue weighted by atomic mass is 32.1. The summed E-state index contributed by atoms with van der Waals surface area (Å²) in [6.07, 6.45) is 3.29. The maximum atomic E-state index is 13.9. The van der Waals surface area contributed by atoms with Gasteiger partial charge < -0.3 is 15.8 Å². The van der Waals surface area contributed by atoms with Gasteiger partial charge in [0.15, 0.2) is 16.7 Å². The number of amides is 1. The number of ether oxygens (including phenoxy) is 1. The molecule has 2 aromatic rings. The number of nitrogens with two attached hydrogens (primary N) is 1. The lowest BCUT2D eigenvalue weighted by Gasteiger charge is -2.26. The van der Waals surface area contributed by atoms with E-state index in [1.807, 2.05) is 0 Å². The number of nitrogens with zero attached hydrogens (tertiary/aromatic N) is 1. The van der Waals surface area contributed by atoms with Gasteiger partial charge in [-0.05, 0) is 49.3 Å². The fraction of sp³-hybridized carbons (Fsp3) is 0.444. The van der Waals surface area contributed by atoms with Crippen LogP contribution in [0.4, 0.5) is 9.52 Å². The molecule has 1 amide bonds. The number of methoxy groups -OCH3 is 1. The van der Waals surface area contributed by atoms with Crippen LogP contribution in [0.25, 0.3) is 11.3 Å². The molecule has 2 fully saturated rings. The number of halogens is 1. The first-order chi connectivity index (χ1) is 12.1. The summed E-state index contributed by atoms with van der Waals surface area (Å²) < 4.78 is 18.8. The Morgan fingerprint density at radius 2 is 2.20 bits per heavy atom. The molecule has 3 N–H and O–H groups in total. The molecule has 1 heterocycles. The topological polar surface area (TPSA) is 77.2 Å². The largest absolute Gasteiger partial charge is 0.494 e. The molecular formula is C18H20FN3O2S. The summed E-state index contributed by atoms with van der Waals surface area (Å²) in [5.74, 6) is 0.473. The fourth-order valence-corrected chi connectivity index (χ4v) is 4.93. The van der Waals surface area contributed by atoms with Gasteiger partial charge in [0.2, 0.25) is 5.91 Å². The van der Waals surface area contributed by atoms with E-state index < -0.39 is 5.82 Å². The SMILES string of the molecule is COc1ccc(-c2csc(NC(=O)C3C4CCC(C4)C3N)n2)cc1F. The highest BCUT2D eigenvalue weighted by Crippen LogP contribution is 2.48. The summed E-state index contributed by atoms with van der Waals surface area (Å²) in [4.78, 5) is 17.0. The van der Waals surface area contributed by atoms with Crippen LogP contribution in [0, 0.1) is 23.6 Å². The van der Waals surface area contributed by atoms with Gasteiger partial charge in [-0.1, -0.05) is 0 Å². The molecule has 1 aromatic carbocycles. The van der Waals surface area contributed by atoms with E-state index >= 15 is 0 Å². The maximum Gasteiger partial charge on any atom is 0.231 e. The molecule has 132 valence electrons. The Balaban J connectivity index is 1.48. The molecular weight excluding hydrogens is 341 g/mol. The minimum absolute atomic E-state index is 0.0403. The lowest BCUT2D eigenvalue weighted by molar-refractivity contribution is -0.121. The van der Waals surface area contributed by atoms with Gasteiger partial charge in [-0.25, -0.2) is 9.37 Å². The average Bonchev–Trinajstić information content (AvgIpc) is 3.30. The number of aromatic nitrogens is 1. The van der Waals surface area contributed by atoms with Crippen LogP contribution in [0.2, 0.25) is 0 Å². The molecule has 2 saturated carbocycles. The lowest BCUT2D eigenvalue weighted by Crippen LogP contribution is -2.42. The molecule has 25 heavy (non-hydrogen) atoms. The number of anilines is 1. The number of hydrogen-bond donors (Lipinski definition) is 2. The van der Waals surface area contributed by atoms with Gasteiger partial charge in [0.05, 0.1) is 18.7 Å². The molecule has 0 radical (unpaired) electrons. The summed E-state index contributed by atoms with van der Waals surface area (Å²) >= 11 is 1.33. The molecule has 0 aliphatic heterocycles. The van der Waals surface area contributed by atoms with Gasteiger partial charge >= 0.3 is 0 Å². The minimum atomic E-state index is -0.438. The molecule has 4 unspecified atom stereocenters. The monoisotopic (exact) mass is 361 g/mol. The van der Waals surface area contributed by atoms with E-state index in [1.54, 1.807) is 17.5 Å². The van der Waals surface area contributed by atoms with E-state index in [4.69, 9.17) is 10.5 Å². The second-order valence-corrected chi connectivity index (χ2v) is 7.67. The summed E-state index contributed by atoms with van der Waals surface area (Å²) in [5, 5.41) is 5.22. The quantitative estimate of drug-likeness (QED) is 0.876. The normalized spacial score (nSPS) is 27.5. The number of hydrogen-bond acceptors (Lipinski definition) is 5. The van der Waals surface area contributed by atoms with Crippen LogP contribution in [-0.4, -0.2) is 24.0 Å². The molecule has 0 saturated heterocycles. The summed E-state index contributed by atoms with van der Waals surface area (Å²) in [6, 6.07) is 4.64. The van der Waals surface area contributed by atoms with Crippen LogP contribution >= 0.6 is 11.3 Å². The van der Waals surface area contributed by atoms with Crippen molar-refractivity contribution in [3.8, 4) is 17.0 Å². The summed E-state index contributed by atoms with van der Waals surface area (Å²) in [6.45, 7) is 0. The van der Waals surface area contributed by atoms with Gasteiger partial charge in [0, 0.05) is 17.0 Å². The van der Waals surface area contributed by atoms with Crippen LogP contribution in [0.15, 0.2) is 23.6 Å². The third-order valence-electron chi connectivity index (χ3n) is 5.47. The zero-order valence-corrected chi connectivity index (χ0v) is 14.7. The molecule has 2 bridgehead atoms. The molecule has 1 aromatic heterocycles. The molecule has 0 spiro atoms. The van der Waals surface area contributed by atoms with Crippen molar-refractivity contribution in [1.82, 2.24) is 4.98 Å². The van der Waals surface area contributed by atoms with E-state index in [-0.39, 0.29) is 23.6 Å². The van der Waals surface area contributed by atoms with Crippen LogP contribution in [-0.2, 0) is 4.79 Å². The number of nitrogens with one attached hydrogen (secondary N) is 1. The van der Waals surface area contributed by atoms with Gasteiger partial charge in [0.1, 0.15) is 0 Å². The Morgan fingerprint density at radius 3 is 2.88 bits per heavy atom. The van der Waals surface area contributed by atoms with Crippen LogP contribution in [0.3, 0.4) is 0 Å². The van der Waals surface area contributed by atoms with E-state index in [9.17, 15) is 9.18 Å². The second-order valence-electron chi connectivity index (χ2n) is 6.81. The predicted octanol–water partition coefficient (Wildman–Crippen LogP) is 3.27. The highest BCUT2D eigenvalue weighted by Gasteiger charge is 2.49. The average molecular weight is 361 g/mol. The van der Waals surface area contributed by atoms with E-state index in [0.29, 0.717) is 28.2 Å². The number of benzene rings is 1. The van der Waals surface area contributed by atoms with E-state index in [0.717, 1.165) is 19.3 Å². The maximum absolute atomic E-state index is 13.9. The van der Waals surface area contributed by atoms with Crippen LogP contribution < -0.4 is 15.8 Å². The number of fused-ring (bicyclic) bond motifs is 2. The van der Waals surface area contributed by atoms with Crippen molar-refractivity contribution in [3.63, 3.8) is 0 Å². The smallest absolute Gasteiger partial charge is 0.231 e. The predicted molar refractivity (Wildman–Crippen MR) is 95.0 cm³/mol. The Hall–Kier alpha value is -1.99. The standard InChI is InChI=1S/C18H20FN3O2S/c1-24-14-5-4-9(7-12(14)19)13-8-25-18(21-13)22-17(23)15-10-2-3-11(6-10)16(15)20/h4-5,7-8,10-11,15-16H,2-3,6,20H2,1H3,(H,21,22,23). The zero-order chi connectivity index (χ0) is 17.6. The number of carbonyl (C=O) groups is 1. The van der Waals surface area contributed by atoms with Gasteiger partial charge in [0.25, 0.3) is 0 Å². The molecule has 7 heteroatoms. The minimum Gasteiger partial charge on any atom is -0.494 e. The van der Waals surface area contributed by atoms with Crippen molar-refractivity contribution in [1.29, 1.82) is 0 Å². The summed E-state index contributed by atoms with van der Waals surface area (Å²) in [5.41, 5.74) is 7.50. The first-order valence-corrected chi connectivity index (χ1v) is 9.30. The van der Waals surface area contributed by atoms with Crippen LogP contribution in [0.1, 0.15) is 19.3 Å². The molecule has 5 nitrogen and oxygen atoms in total. The number of carbonyl (C=O) groups excluding carboxylic acids is 1.